The summed E-state index contributed by atoms with van der Waals surface area (Å²) in [6.07, 6.45) is 3.34. The number of hydrogen-bond acceptors (Lipinski definition) is 2. The number of nitrogens with zero attached hydrogens (tertiary/aromatic N) is 3. The van der Waals surface area contributed by atoms with Gasteiger partial charge in [-0.3, -0.25) is 9.48 Å². The fourth-order valence-corrected chi connectivity index (χ4v) is 2.75. The quantitative estimate of drug-likeness (QED) is 0.786. The fourth-order valence-electron chi connectivity index (χ4n) is 2.50. The Morgan fingerprint density at radius 3 is 2.72 bits per heavy atom. The molecule has 4 nitrogen and oxygen atoms in total. The van der Waals surface area contributed by atoms with Crippen LogP contribution < -0.4 is 0 Å². The van der Waals surface area contributed by atoms with Crippen LogP contribution in [-0.4, -0.2) is 33.7 Å². The van der Waals surface area contributed by atoms with Gasteiger partial charge in [0.15, 0.2) is 0 Å². The molecule has 0 saturated carbocycles. The molecule has 0 spiro atoms. The second-order valence-corrected chi connectivity index (χ2v) is 5.56. The molecule has 1 aromatic rings. The summed E-state index contributed by atoms with van der Waals surface area (Å²) in [6, 6.07) is 0. The van der Waals surface area contributed by atoms with E-state index in [4.69, 9.17) is 11.6 Å². The Morgan fingerprint density at radius 2 is 2.11 bits per heavy atom. The largest absolute Gasteiger partial charge is 0.338 e. The predicted molar refractivity (Wildman–Crippen MR) is 71.9 cm³/mol. The molecule has 0 radical (unpaired) electrons. The van der Waals surface area contributed by atoms with Crippen LogP contribution in [0.1, 0.15) is 42.2 Å². The molecule has 1 aliphatic heterocycles. The van der Waals surface area contributed by atoms with Crippen LogP contribution in [0.15, 0.2) is 0 Å². The van der Waals surface area contributed by atoms with Crippen LogP contribution in [0.3, 0.4) is 0 Å². The lowest BCUT2D eigenvalue weighted by Crippen LogP contribution is -2.32. The average Bonchev–Trinajstić information content (AvgIpc) is 2.51. The molecule has 1 fully saturated rings. The van der Waals surface area contributed by atoms with Gasteiger partial charge in [0.1, 0.15) is 5.15 Å². The highest BCUT2D eigenvalue weighted by Crippen LogP contribution is 2.23. The minimum absolute atomic E-state index is 0.0275. The van der Waals surface area contributed by atoms with Crippen molar-refractivity contribution in [2.24, 2.45) is 13.0 Å². The maximum absolute atomic E-state index is 12.5. The summed E-state index contributed by atoms with van der Waals surface area (Å²) >= 11 is 6.15. The van der Waals surface area contributed by atoms with E-state index in [2.05, 4.69) is 12.0 Å². The van der Waals surface area contributed by atoms with Crippen LogP contribution in [0.4, 0.5) is 0 Å². The molecular formula is C13H20ClN3O. The average molecular weight is 270 g/mol. The molecule has 1 amide bonds. The Bertz CT molecular complexity index is 455. The zero-order valence-electron chi connectivity index (χ0n) is 11.2. The first-order valence-corrected chi connectivity index (χ1v) is 6.87. The summed E-state index contributed by atoms with van der Waals surface area (Å²) in [5.74, 6) is 0.730. The van der Waals surface area contributed by atoms with Crippen LogP contribution in [0.5, 0.6) is 0 Å². The molecule has 5 heteroatoms. The first kappa shape index (κ1) is 13.4. The molecule has 1 saturated heterocycles. The lowest BCUT2D eigenvalue weighted by molar-refractivity contribution is 0.0760. The van der Waals surface area contributed by atoms with Crippen LogP contribution in [-0.2, 0) is 7.05 Å². The van der Waals surface area contributed by atoms with Crippen LogP contribution in [0.25, 0.3) is 0 Å². The summed E-state index contributed by atoms with van der Waals surface area (Å²) in [7, 11) is 1.76. The molecule has 0 N–H and O–H groups in total. The molecule has 1 unspecified atom stereocenters. The van der Waals surface area contributed by atoms with Gasteiger partial charge in [-0.2, -0.15) is 5.10 Å². The van der Waals surface area contributed by atoms with Gasteiger partial charge in [0.25, 0.3) is 5.91 Å². The number of amides is 1. The lowest BCUT2D eigenvalue weighted by Gasteiger charge is -2.20. The Labute approximate surface area is 113 Å². The Kier molecular flexibility index (Phi) is 3.95. The van der Waals surface area contributed by atoms with Crippen molar-refractivity contribution >= 4 is 17.5 Å². The number of rotatable bonds is 1. The molecule has 1 aromatic heterocycles. The van der Waals surface area contributed by atoms with Gasteiger partial charge >= 0.3 is 0 Å². The third-order valence-electron chi connectivity index (χ3n) is 3.67. The van der Waals surface area contributed by atoms with Crippen molar-refractivity contribution < 1.29 is 4.79 Å². The van der Waals surface area contributed by atoms with Crippen LogP contribution in [0, 0.1) is 12.8 Å². The van der Waals surface area contributed by atoms with E-state index in [9.17, 15) is 4.79 Å². The normalized spacial score (nSPS) is 20.9. The highest BCUT2D eigenvalue weighted by Gasteiger charge is 2.25. The van der Waals surface area contributed by atoms with Gasteiger partial charge in [-0.1, -0.05) is 18.5 Å². The molecule has 100 valence electrons. The first-order chi connectivity index (χ1) is 8.50. The zero-order valence-corrected chi connectivity index (χ0v) is 12.0. The molecule has 0 bridgehead atoms. The Hall–Kier alpha value is -1.03. The van der Waals surface area contributed by atoms with Crippen molar-refractivity contribution in [3.8, 4) is 0 Å². The maximum atomic E-state index is 12.5. The van der Waals surface area contributed by atoms with Crippen LogP contribution in [0.2, 0.25) is 5.15 Å². The van der Waals surface area contributed by atoms with Crippen molar-refractivity contribution in [3.05, 3.63) is 16.4 Å². The minimum Gasteiger partial charge on any atom is -0.338 e. The zero-order chi connectivity index (χ0) is 13.3. The summed E-state index contributed by atoms with van der Waals surface area (Å²) in [5.41, 5.74) is 1.28. The summed E-state index contributed by atoms with van der Waals surface area (Å²) in [5, 5.41) is 4.64. The van der Waals surface area contributed by atoms with Gasteiger partial charge in [-0.15, -0.1) is 0 Å². The van der Waals surface area contributed by atoms with Crippen molar-refractivity contribution in [2.75, 3.05) is 13.1 Å². The van der Waals surface area contributed by atoms with E-state index in [1.807, 2.05) is 11.8 Å². The monoisotopic (exact) mass is 269 g/mol. The molecule has 18 heavy (non-hydrogen) atoms. The van der Waals surface area contributed by atoms with Gasteiger partial charge in [-0.05, 0) is 32.1 Å². The second kappa shape index (κ2) is 5.31. The summed E-state index contributed by atoms with van der Waals surface area (Å²) < 4.78 is 1.56. The van der Waals surface area contributed by atoms with E-state index in [0.29, 0.717) is 22.3 Å². The predicted octanol–water partition coefficient (Wildman–Crippen LogP) is 2.64. The highest BCUT2D eigenvalue weighted by molar-refractivity contribution is 6.33. The number of carbonyl (C=O) groups excluding carboxylic acids is 1. The molecular weight excluding hydrogens is 250 g/mol. The molecule has 0 aromatic carbocycles. The van der Waals surface area contributed by atoms with Gasteiger partial charge in [0.05, 0.1) is 11.3 Å². The van der Waals surface area contributed by atoms with E-state index >= 15 is 0 Å². The molecule has 1 atom stereocenters. The van der Waals surface area contributed by atoms with Gasteiger partial charge in [0, 0.05) is 20.1 Å². The third-order valence-corrected chi connectivity index (χ3v) is 4.10. The summed E-state index contributed by atoms with van der Waals surface area (Å²) in [6.45, 7) is 5.73. The van der Waals surface area contributed by atoms with Crippen molar-refractivity contribution in [3.63, 3.8) is 0 Å². The van der Waals surface area contributed by atoms with Crippen molar-refractivity contribution in [1.82, 2.24) is 14.7 Å². The fraction of sp³-hybridized carbons (Fsp3) is 0.692. The summed E-state index contributed by atoms with van der Waals surface area (Å²) in [4.78, 5) is 14.4. The van der Waals surface area contributed by atoms with E-state index in [0.717, 1.165) is 25.9 Å². The topological polar surface area (TPSA) is 38.1 Å². The second-order valence-electron chi connectivity index (χ2n) is 5.20. The van der Waals surface area contributed by atoms with Gasteiger partial charge < -0.3 is 4.90 Å². The van der Waals surface area contributed by atoms with Crippen molar-refractivity contribution in [1.29, 1.82) is 0 Å². The molecule has 2 rings (SSSR count). The smallest absolute Gasteiger partial charge is 0.258 e. The van der Waals surface area contributed by atoms with E-state index in [1.165, 1.54) is 6.42 Å². The first-order valence-electron chi connectivity index (χ1n) is 6.49. The van der Waals surface area contributed by atoms with Gasteiger partial charge in [-0.25, -0.2) is 0 Å². The van der Waals surface area contributed by atoms with E-state index in [1.54, 1.807) is 11.7 Å². The maximum Gasteiger partial charge on any atom is 0.258 e. The number of hydrogen-bond donors (Lipinski definition) is 0. The van der Waals surface area contributed by atoms with Crippen molar-refractivity contribution in [2.45, 2.75) is 33.1 Å². The number of carbonyl (C=O) groups is 1. The molecule has 0 aliphatic carbocycles. The van der Waals surface area contributed by atoms with Crippen LogP contribution >= 0.6 is 11.6 Å². The lowest BCUT2D eigenvalue weighted by atomic mass is 10.0. The number of likely N-dealkylation sites (tertiary alicyclic amines) is 1. The van der Waals surface area contributed by atoms with E-state index < -0.39 is 0 Å². The number of halogens is 1. The van der Waals surface area contributed by atoms with Gasteiger partial charge in [0.2, 0.25) is 0 Å². The minimum atomic E-state index is 0.0275. The number of aromatic nitrogens is 2. The third kappa shape index (κ3) is 2.53. The highest BCUT2D eigenvalue weighted by atomic mass is 35.5. The van der Waals surface area contributed by atoms with E-state index in [-0.39, 0.29) is 5.91 Å². The molecule has 1 aliphatic rings. The SMILES string of the molecule is Cc1nn(C)c(Cl)c1C(=O)N1CCCC(C)CC1. The number of aryl methyl sites for hydroxylation is 2. The Balaban J connectivity index is 2.20. The Morgan fingerprint density at radius 1 is 1.39 bits per heavy atom. The standard InChI is InChI=1S/C13H20ClN3O/c1-9-5-4-7-17(8-6-9)13(18)11-10(2)15-16(3)12(11)14/h9H,4-8H2,1-3H3. The molecule has 2 heterocycles.